The number of aliphatic hydroxyl groups is 1. The van der Waals surface area contributed by atoms with Crippen LogP contribution in [0.4, 0.5) is 0 Å². The summed E-state index contributed by atoms with van der Waals surface area (Å²) in [4.78, 5) is 36.7. The summed E-state index contributed by atoms with van der Waals surface area (Å²) in [6, 6.07) is 0. The van der Waals surface area contributed by atoms with Gasteiger partial charge < -0.3 is 34.8 Å². The minimum Gasteiger partial charge on any atom is -0.469 e. The number of hydrogen-bond acceptors (Lipinski definition) is 6. The summed E-state index contributed by atoms with van der Waals surface area (Å²) in [6.45, 7) is 12.8. The lowest BCUT2D eigenvalue weighted by Gasteiger charge is -2.21. The average molecular weight is 613 g/mol. The molecular weight excluding hydrogens is 568 g/mol. The van der Waals surface area contributed by atoms with Crippen molar-refractivity contribution in [1.29, 1.82) is 0 Å². The first kappa shape index (κ1) is 30.8. The van der Waals surface area contributed by atoms with Gasteiger partial charge in [-0.05, 0) is 86.1 Å². The number of carbonyl (C=O) groups excluding carboxylic acids is 2. The van der Waals surface area contributed by atoms with Crippen LogP contribution in [0.25, 0.3) is 23.8 Å². The van der Waals surface area contributed by atoms with E-state index in [-0.39, 0.29) is 24.2 Å². The summed E-state index contributed by atoms with van der Waals surface area (Å²) in [5, 5.41) is 17.5. The van der Waals surface area contributed by atoms with Gasteiger partial charge in [-0.25, -0.2) is 0 Å². The maximum Gasteiger partial charge on any atom is 0.316 e. The summed E-state index contributed by atoms with van der Waals surface area (Å²) in [6.07, 6.45) is 7.88. The molecule has 5 N–H and O–H groups in total. The van der Waals surface area contributed by atoms with Crippen molar-refractivity contribution in [3.8, 4) is 0 Å². The van der Waals surface area contributed by atoms with E-state index in [4.69, 9.17) is 9.47 Å². The number of aliphatic hydroxyl groups excluding tert-OH is 1. The van der Waals surface area contributed by atoms with Crippen molar-refractivity contribution in [3.05, 3.63) is 78.2 Å². The van der Waals surface area contributed by atoms with Crippen molar-refractivity contribution in [3.63, 3.8) is 0 Å². The number of esters is 2. The average Bonchev–Trinajstić information content (AvgIpc) is 3.76. The van der Waals surface area contributed by atoms with Gasteiger partial charge in [0, 0.05) is 68.6 Å². The van der Waals surface area contributed by atoms with E-state index in [0.717, 1.165) is 63.3 Å². The minimum atomic E-state index is -1.08. The lowest BCUT2D eigenvalue weighted by Crippen LogP contribution is -2.24. The Morgan fingerprint density at radius 2 is 1.53 bits per heavy atom. The van der Waals surface area contributed by atoms with Crippen LogP contribution in [0.2, 0.25) is 0 Å². The fourth-order valence-corrected chi connectivity index (χ4v) is 7.79. The third-order valence-corrected chi connectivity index (χ3v) is 10.4. The number of aromatic nitrogens is 3. The SMILES string of the molecule is CCc1c2[nH]c(c1C)/C=C1\N/C(=C3\c4[nH]c(c(C)c4[C@H](O)[C@@H]3C(=O)OC)/C=c3\[nH]/c(c(C)c3CC)=C\2)[C@@H](CCC(=O)OC)[C@@H]1C. The van der Waals surface area contributed by atoms with E-state index in [9.17, 15) is 14.7 Å². The molecule has 0 unspecified atom stereocenters. The van der Waals surface area contributed by atoms with Gasteiger partial charge in [0.25, 0.3) is 0 Å². The maximum atomic E-state index is 13.4. The molecule has 4 atom stereocenters. The van der Waals surface area contributed by atoms with Crippen LogP contribution in [0, 0.1) is 38.5 Å². The highest BCUT2D eigenvalue weighted by atomic mass is 16.5. The number of H-pyrrole nitrogens is 3. The van der Waals surface area contributed by atoms with Crippen LogP contribution in [0.15, 0.2) is 11.4 Å². The molecule has 0 aromatic carbocycles. The number of nitrogens with one attached hydrogen (secondary N) is 4. The van der Waals surface area contributed by atoms with Gasteiger partial charge >= 0.3 is 11.9 Å². The van der Waals surface area contributed by atoms with Crippen LogP contribution in [-0.4, -0.2) is 46.2 Å². The standard InChI is InChI=1S/C36H44N4O5/c1-9-20-16(3)23-13-25-18(5)22(11-12-29(41)44-7)33(39-25)31-32(36(43)45-8)35(42)30-19(6)26(40-34(30)31)15-28-21(10-2)17(4)24(38-28)14-27(20)37-23/h13-15,18,22,32,35,37-40,42H,9-12H2,1-8H3/b24-14-,25-13-,28-15-,33-31-/t18-,22-,32+,35-/m0/s1. The van der Waals surface area contributed by atoms with Crippen molar-refractivity contribution in [2.45, 2.75) is 73.3 Å². The van der Waals surface area contributed by atoms with Gasteiger partial charge in [-0.15, -0.1) is 0 Å². The Hall–Kier alpha value is -4.24. The molecule has 1 saturated heterocycles. The van der Waals surface area contributed by atoms with Crippen LogP contribution >= 0.6 is 0 Å². The largest absolute Gasteiger partial charge is 0.469 e. The van der Waals surface area contributed by atoms with E-state index in [0.29, 0.717) is 17.6 Å². The molecule has 9 nitrogen and oxygen atoms in total. The van der Waals surface area contributed by atoms with Crippen molar-refractivity contribution in [2.24, 2.45) is 17.8 Å². The Balaban J connectivity index is 1.71. The molecule has 1 aliphatic carbocycles. The van der Waals surface area contributed by atoms with E-state index in [1.807, 2.05) is 6.92 Å². The van der Waals surface area contributed by atoms with Crippen LogP contribution in [-0.2, 0) is 31.9 Å². The summed E-state index contributed by atoms with van der Waals surface area (Å²) < 4.78 is 10.3. The smallest absolute Gasteiger partial charge is 0.316 e. The van der Waals surface area contributed by atoms with Crippen molar-refractivity contribution >= 4 is 35.7 Å². The second kappa shape index (κ2) is 11.6. The molecular formula is C36H44N4O5. The third-order valence-electron chi connectivity index (χ3n) is 10.4. The highest BCUT2D eigenvalue weighted by molar-refractivity contribution is 5.95. The molecule has 0 saturated carbocycles. The highest BCUT2D eigenvalue weighted by Crippen LogP contribution is 2.52. The molecule has 9 heteroatoms. The first-order valence-electron chi connectivity index (χ1n) is 15.9. The predicted molar refractivity (Wildman–Crippen MR) is 174 cm³/mol. The molecule has 1 fully saturated rings. The molecule has 2 aliphatic heterocycles. The molecule has 6 rings (SSSR count). The normalized spacial score (nSPS) is 25.9. The summed E-state index contributed by atoms with van der Waals surface area (Å²) in [7, 11) is 2.75. The Labute approximate surface area is 263 Å². The van der Waals surface area contributed by atoms with Crippen LogP contribution in [0.3, 0.4) is 0 Å². The topological polar surface area (TPSA) is 132 Å². The number of methoxy groups -OCH3 is 2. The Morgan fingerprint density at radius 3 is 2.20 bits per heavy atom. The third kappa shape index (κ3) is 4.79. The lowest BCUT2D eigenvalue weighted by molar-refractivity contribution is -0.146. The molecule has 3 aliphatic rings. The number of carbonyl (C=O) groups is 2. The van der Waals surface area contributed by atoms with E-state index in [2.05, 4.69) is 73.1 Å². The van der Waals surface area contributed by atoms with Crippen LogP contribution in [0.1, 0.15) is 95.9 Å². The van der Waals surface area contributed by atoms with E-state index in [1.54, 1.807) is 0 Å². The van der Waals surface area contributed by atoms with Crippen molar-refractivity contribution < 1.29 is 24.2 Å². The van der Waals surface area contributed by atoms with Gasteiger partial charge in [0.15, 0.2) is 0 Å². The quantitative estimate of drug-likeness (QED) is 0.267. The second-order valence-corrected chi connectivity index (χ2v) is 12.6. The first-order valence-corrected chi connectivity index (χ1v) is 15.9. The fraction of sp³-hybridized carbons (Fsp3) is 0.444. The Morgan fingerprint density at radius 1 is 0.844 bits per heavy atom. The Bertz CT molecular complexity index is 1900. The molecule has 0 radical (unpaired) electrons. The van der Waals surface area contributed by atoms with Crippen LogP contribution < -0.4 is 16.0 Å². The van der Waals surface area contributed by atoms with Gasteiger partial charge in [0.2, 0.25) is 0 Å². The first-order chi connectivity index (χ1) is 21.5. The van der Waals surface area contributed by atoms with Gasteiger partial charge in [-0.2, -0.15) is 0 Å². The molecule has 3 aromatic rings. The molecule has 3 aromatic heterocycles. The van der Waals surface area contributed by atoms with Gasteiger partial charge in [0.1, 0.15) is 5.92 Å². The fourth-order valence-electron chi connectivity index (χ4n) is 7.79. The van der Waals surface area contributed by atoms with E-state index in [1.165, 1.54) is 36.5 Å². The number of aromatic amines is 3. The molecule has 8 bridgehead atoms. The van der Waals surface area contributed by atoms with Crippen molar-refractivity contribution in [1.82, 2.24) is 20.3 Å². The molecule has 0 amide bonds. The summed E-state index contributed by atoms with van der Waals surface area (Å²) in [5.74, 6) is -1.84. The Kier molecular flexibility index (Phi) is 7.93. The lowest BCUT2D eigenvalue weighted by atomic mass is 9.84. The van der Waals surface area contributed by atoms with E-state index >= 15 is 0 Å². The number of ether oxygens (including phenoxy) is 2. The highest BCUT2D eigenvalue weighted by Gasteiger charge is 2.48. The molecule has 45 heavy (non-hydrogen) atoms. The number of allylic oxidation sites excluding steroid dienone is 2. The summed E-state index contributed by atoms with van der Waals surface area (Å²) in [5.41, 5.74) is 12.6. The van der Waals surface area contributed by atoms with Gasteiger partial charge in [-0.1, -0.05) is 20.8 Å². The zero-order valence-corrected chi connectivity index (χ0v) is 27.5. The number of hydrogen-bond donors (Lipinski definition) is 5. The van der Waals surface area contributed by atoms with E-state index < -0.39 is 18.0 Å². The molecule has 5 heterocycles. The van der Waals surface area contributed by atoms with Crippen molar-refractivity contribution in [2.75, 3.05) is 14.2 Å². The van der Waals surface area contributed by atoms with Gasteiger partial charge in [0.05, 0.1) is 26.0 Å². The minimum absolute atomic E-state index is 0.00507. The molecule has 238 valence electrons. The number of rotatable bonds is 6. The number of fused-ring (bicyclic) bond motifs is 7. The van der Waals surface area contributed by atoms with Crippen LogP contribution in [0.5, 0.6) is 0 Å². The zero-order chi connectivity index (χ0) is 32.3. The monoisotopic (exact) mass is 612 g/mol. The zero-order valence-electron chi connectivity index (χ0n) is 27.5. The van der Waals surface area contributed by atoms with Gasteiger partial charge in [-0.3, -0.25) is 9.59 Å². The second-order valence-electron chi connectivity index (χ2n) is 12.6. The molecule has 0 spiro atoms. The predicted octanol–water partition coefficient (Wildman–Crippen LogP) is 4.09. The maximum absolute atomic E-state index is 13.4. The summed E-state index contributed by atoms with van der Waals surface area (Å²) >= 11 is 0.